The highest BCUT2D eigenvalue weighted by molar-refractivity contribution is 6.30. The van der Waals surface area contributed by atoms with Crippen molar-refractivity contribution < 1.29 is 9.59 Å². The Morgan fingerprint density at radius 3 is 2.57 bits per heavy atom. The van der Waals surface area contributed by atoms with Gasteiger partial charge in [-0.3, -0.25) is 14.5 Å². The van der Waals surface area contributed by atoms with E-state index in [1.807, 2.05) is 33.8 Å². The number of halogens is 1. The lowest BCUT2D eigenvalue weighted by atomic mass is 10.0. The summed E-state index contributed by atoms with van der Waals surface area (Å²) in [7, 11) is 0. The lowest BCUT2D eigenvalue weighted by molar-refractivity contribution is -0.122. The van der Waals surface area contributed by atoms with Crippen molar-refractivity contribution in [2.45, 2.75) is 38.6 Å². The number of benzene rings is 1. The van der Waals surface area contributed by atoms with Gasteiger partial charge in [0.05, 0.1) is 29.7 Å². The number of nitrogens with one attached hydrogen (secondary N) is 1. The number of hydrogen-bond acceptors (Lipinski definition) is 4. The maximum Gasteiger partial charge on any atom is 0.257 e. The van der Waals surface area contributed by atoms with Gasteiger partial charge in [0.2, 0.25) is 5.91 Å². The molecule has 7 nitrogen and oxygen atoms in total. The molecule has 0 spiro atoms. The molecule has 2 amide bonds. The van der Waals surface area contributed by atoms with Crippen LogP contribution in [0.5, 0.6) is 0 Å². The summed E-state index contributed by atoms with van der Waals surface area (Å²) in [6, 6.07) is 7.86. The van der Waals surface area contributed by atoms with Gasteiger partial charge in [0, 0.05) is 37.2 Å². The summed E-state index contributed by atoms with van der Waals surface area (Å²) in [5, 5.41) is 8.15. The van der Waals surface area contributed by atoms with Gasteiger partial charge in [0.25, 0.3) is 5.91 Å². The Morgan fingerprint density at radius 1 is 1.20 bits per heavy atom. The average Bonchev–Trinajstić information content (AvgIpc) is 3.41. The van der Waals surface area contributed by atoms with E-state index in [9.17, 15) is 9.59 Å². The zero-order valence-corrected chi connectivity index (χ0v) is 18.2. The van der Waals surface area contributed by atoms with Crippen LogP contribution in [0.25, 0.3) is 5.69 Å². The van der Waals surface area contributed by atoms with E-state index < -0.39 is 0 Å². The Morgan fingerprint density at radius 2 is 1.93 bits per heavy atom. The molecule has 2 aliphatic rings. The van der Waals surface area contributed by atoms with Crippen molar-refractivity contribution >= 4 is 23.4 Å². The van der Waals surface area contributed by atoms with E-state index in [1.54, 1.807) is 6.20 Å². The average molecular weight is 430 g/mol. The minimum atomic E-state index is -0.00550. The maximum absolute atomic E-state index is 13.3. The first-order chi connectivity index (χ1) is 14.4. The molecular weight excluding hydrogens is 402 g/mol. The number of aromatic nitrogens is 2. The van der Waals surface area contributed by atoms with Crippen molar-refractivity contribution in [3.05, 3.63) is 46.7 Å². The molecule has 0 unspecified atom stereocenters. The van der Waals surface area contributed by atoms with Crippen LogP contribution < -0.4 is 5.32 Å². The predicted molar refractivity (Wildman–Crippen MR) is 116 cm³/mol. The molecule has 1 aromatic heterocycles. The van der Waals surface area contributed by atoms with Crippen molar-refractivity contribution in [1.29, 1.82) is 0 Å². The molecule has 1 N–H and O–H groups in total. The fraction of sp³-hybridized carbons (Fsp3) is 0.500. The summed E-state index contributed by atoms with van der Waals surface area (Å²) in [6.45, 7) is 7.14. The quantitative estimate of drug-likeness (QED) is 0.766. The van der Waals surface area contributed by atoms with Crippen LogP contribution in [-0.2, 0) is 4.79 Å². The number of amides is 2. The Kier molecular flexibility index (Phi) is 6.11. The van der Waals surface area contributed by atoms with Gasteiger partial charge in [-0.05, 0) is 37.0 Å². The van der Waals surface area contributed by atoms with Gasteiger partial charge in [-0.1, -0.05) is 31.5 Å². The van der Waals surface area contributed by atoms with E-state index in [4.69, 9.17) is 11.6 Å². The molecule has 4 rings (SSSR count). The largest absolute Gasteiger partial charge is 0.352 e. The molecule has 2 heterocycles. The van der Waals surface area contributed by atoms with Crippen LogP contribution in [0.2, 0.25) is 5.02 Å². The maximum atomic E-state index is 13.3. The highest BCUT2D eigenvalue weighted by Crippen LogP contribution is 2.26. The first-order valence-electron chi connectivity index (χ1n) is 10.6. The minimum absolute atomic E-state index is 0.00550. The van der Waals surface area contributed by atoms with E-state index in [0.29, 0.717) is 49.4 Å². The third-order valence-electron chi connectivity index (χ3n) is 5.61. The van der Waals surface area contributed by atoms with Gasteiger partial charge in [0.1, 0.15) is 0 Å². The highest BCUT2D eigenvalue weighted by Gasteiger charge is 2.29. The smallest absolute Gasteiger partial charge is 0.257 e. The molecule has 1 saturated carbocycles. The molecule has 0 radical (unpaired) electrons. The summed E-state index contributed by atoms with van der Waals surface area (Å²) in [5.74, 6) is 0.203. The summed E-state index contributed by atoms with van der Waals surface area (Å²) >= 11 is 6.15. The van der Waals surface area contributed by atoms with Gasteiger partial charge >= 0.3 is 0 Å². The third kappa shape index (κ3) is 4.68. The normalized spacial score (nSPS) is 17.4. The molecule has 1 aromatic carbocycles. The molecule has 160 valence electrons. The summed E-state index contributed by atoms with van der Waals surface area (Å²) in [4.78, 5) is 29.3. The third-order valence-corrected chi connectivity index (χ3v) is 5.84. The Hall–Kier alpha value is -2.38. The lowest BCUT2D eigenvalue weighted by Crippen LogP contribution is -2.51. The van der Waals surface area contributed by atoms with E-state index >= 15 is 0 Å². The van der Waals surface area contributed by atoms with E-state index in [1.165, 1.54) is 0 Å². The Bertz CT molecular complexity index is 929. The van der Waals surface area contributed by atoms with Crippen LogP contribution in [0.3, 0.4) is 0 Å². The van der Waals surface area contributed by atoms with E-state index in [2.05, 4.69) is 29.2 Å². The monoisotopic (exact) mass is 429 g/mol. The summed E-state index contributed by atoms with van der Waals surface area (Å²) in [5.41, 5.74) is 2.36. The van der Waals surface area contributed by atoms with Crippen molar-refractivity contribution in [3.8, 4) is 5.69 Å². The Labute approximate surface area is 182 Å². The first kappa shape index (κ1) is 20.9. The van der Waals surface area contributed by atoms with Crippen molar-refractivity contribution in [2.75, 3.05) is 32.7 Å². The van der Waals surface area contributed by atoms with Crippen LogP contribution in [0.1, 0.15) is 48.7 Å². The predicted octanol–water partition coefficient (Wildman–Crippen LogP) is 2.69. The number of hydrogen-bond donors (Lipinski definition) is 1. The number of piperazine rings is 1. The van der Waals surface area contributed by atoms with Crippen molar-refractivity contribution in [1.82, 2.24) is 24.9 Å². The zero-order chi connectivity index (χ0) is 21.3. The van der Waals surface area contributed by atoms with Gasteiger partial charge in [0.15, 0.2) is 0 Å². The fourth-order valence-corrected chi connectivity index (χ4v) is 4.06. The lowest BCUT2D eigenvalue weighted by Gasteiger charge is -2.34. The van der Waals surface area contributed by atoms with Crippen molar-refractivity contribution in [3.63, 3.8) is 0 Å². The van der Waals surface area contributed by atoms with Crippen LogP contribution in [-0.4, -0.2) is 70.2 Å². The highest BCUT2D eigenvalue weighted by atomic mass is 35.5. The summed E-state index contributed by atoms with van der Waals surface area (Å²) in [6.07, 6.45) is 3.85. The molecule has 0 atom stereocenters. The topological polar surface area (TPSA) is 70.5 Å². The SMILES string of the molecule is CC(C)c1c(C(=O)N2CCN(CC(=O)NC3CC3)CC2)cnn1-c1cccc(Cl)c1. The van der Waals surface area contributed by atoms with Crippen molar-refractivity contribution in [2.24, 2.45) is 0 Å². The number of carbonyl (C=O) groups is 2. The molecule has 1 aliphatic carbocycles. The molecule has 1 saturated heterocycles. The number of carbonyl (C=O) groups excluding carboxylic acids is 2. The zero-order valence-electron chi connectivity index (χ0n) is 17.5. The van der Waals surface area contributed by atoms with Gasteiger partial charge in [-0.15, -0.1) is 0 Å². The second kappa shape index (κ2) is 8.78. The number of nitrogens with zero attached hydrogens (tertiary/aromatic N) is 4. The molecule has 8 heteroatoms. The molecule has 1 aliphatic heterocycles. The van der Waals surface area contributed by atoms with Crippen LogP contribution >= 0.6 is 11.6 Å². The fourth-order valence-electron chi connectivity index (χ4n) is 3.88. The van der Waals surface area contributed by atoms with Gasteiger partial charge in [-0.2, -0.15) is 5.10 Å². The minimum Gasteiger partial charge on any atom is -0.352 e. The molecular formula is C22H28ClN5O2. The molecule has 2 aromatic rings. The van der Waals surface area contributed by atoms with Gasteiger partial charge < -0.3 is 10.2 Å². The summed E-state index contributed by atoms with van der Waals surface area (Å²) < 4.78 is 1.81. The second-order valence-electron chi connectivity index (χ2n) is 8.40. The number of rotatable bonds is 6. The van der Waals surface area contributed by atoms with Gasteiger partial charge in [-0.25, -0.2) is 4.68 Å². The van der Waals surface area contributed by atoms with E-state index in [0.717, 1.165) is 24.2 Å². The Balaban J connectivity index is 1.44. The van der Waals surface area contributed by atoms with Crippen LogP contribution in [0.15, 0.2) is 30.5 Å². The molecule has 30 heavy (non-hydrogen) atoms. The first-order valence-corrected chi connectivity index (χ1v) is 10.9. The van der Waals surface area contributed by atoms with Crippen LogP contribution in [0, 0.1) is 0 Å². The van der Waals surface area contributed by atoms with Crippen LogP contribution in [0.4, 0.5) is 0 Å². The second-order valence-corrected chi connectivity index (χ2v) is 8.84. The molecule has 2 fully saturated rings. The van der Waals surface area contributed by atoms with E-state index in [-0.39, 0.29) is 17.7 Å². The standard InChI is InChI=1S/C22H28ClN5O2/c1-15(2)21-19(13-24-28(21)18-5-3-4-16(23)12-18)22(30)27-10-8-26(9-11-27)14-20(29)25-17-6-7-17/h3-5,12-13,15,17H,6-11,14H2,1-2H3,(H,25,29). The molecule has 0 bridgehead atoms.